The fraction of sp³-hybridized carbons (Fsp3) is 1.00. The molecular formula is C10H19NO2S. The number of hydrogen-bond acceptors (Lipinski definition) is 2. The van der Waals surface area contributed by atoms with Crippen LogP contribution < -0.4 is 4.72 Å². The molecule has 0 radical (unpaired) electrons. The van der Waals surface area contributed by atoms with Crippen molar-refractivity contribution in [3.8, 4) is 0 Å². The van der Waals surface area contributed by atoms with E-state index in [1.807, 2.05) is 0 Å². The Hall–Kier alpha value is -0.0900. The maximum absolute atomic E-state index is 11.6. The van der Waals surface area contributed by atoms with Gasteiger partial charge in [-0.1, -0.05) is 6.92 Å². The van der Waals surface area contributed by atoms with Crippen molar-refractivity contribution in [3.63, 3.8) is 0 Å². The monoisotopic (exact) mass is 217 g/mol. The van der Waals surface area contributed by atoms with E-state index in [0.29, 0.717) is 17.6 Å². The van der Waals surface area contributed by atoms with E-state index >= 15 is 0 Å². The third-order valence-corrected chi connectivity index (χ3v) is 4.80. The van der Waals surface area contributed by atoms with Gasteiger partial charge < -0.3 is 0 Å². The summed E-state index contributed by atoms with van der Waals surface area (Å²) in [5.74, 6) is 1.49. The first-order valence-corrected chi connectivity index (χ1v) is 7.20. The minimum atomic E-state index is -2.98. The van der Waals surface area contributed by atoms with E-state index in [0.717, 1.165) is 32.1 Å². The summed E-state index contributed by atoms with van der Waals surface area (Å²) >= 11 is 0. The lowest BCUT2D eigenvalue weighted by atomic mass is 10.1. The van der Waals surface area contributed by atoms with Crippen molar-refractivity contribution in [2.75, 3.05) is 5.75 Å². The van der Waals surface area contributed by atoms with E-state index in [2.05, 4.69) is 11.6 Å². The summed E-state index contributed by atoms with van der Waals surface area (Å²) < 4.78 is 26.1. The van der Waals surface area contributed by atoms with Gasteiger partial charge in [0.2, 0.25) is 10.0 Å². The number of nitrogens with one attached hydrogen (secondary N) is 1. The van der Waals surface area contributed by atoms with E-state index in [1.54, 1.807) is 0 Å². The second-order valence-electron chi connectivity index (χ2n) is 4.96. The van der Waals surface area contributed by atoms with E-state index in [1.165, 1.54) is 0 Å². The van der Waals surface area contributed by atoms with Crippen LogP contribution in [0.3, 0.4) is 0 Å². The molecule has 2 fully saturated rings. The lowest BCUT2D eigenvalue weighted by Gasteiger charge is -2.12. The van der Waals surface area contributed by atoms with E-state index in [-0.39, 0.29) is 6.04 Å². The second kappa shape index (κ2) is 3.81. The van der Waals surface area contributed by atoms with Gasteiger partial charge in [-0.15, -0.1) is 0 Å². The first-order valence-electron chi connectivity index (χ1n) is 5.55. The molecule has 2 rings (SSSR count). The van der Waals surface area contributed by atoms with E-state index in [4.69, 9.17) is 0 Å². The van der Waals surface area contributed by atoms with Gasteiger partial charge in [0, 0.05) is 6.04 Å². The van der Waals surface area contributed by atoms with Gasteiger partial charge in [-0.05, 0) is 43.9 Å². The highest BCUT2D eigenvalue weighted by Gasteiger charge is 2.31. The van der Waals surface area contributed by atoms with Crippen molar-refractivity contribution in [3.05, 3.63) is 0 Å². The molecule has 0 aromatic carbocycles. The molecule has 0 heterocycles. The molecule has 2 atom stereocenters. The molecule has 2 aliphatic rings. The van der Waals surface area contributed by atoms with Gasteiger partial charge >= 0.3 is 0 Å². The summed E-state index contributed by atoms with van der Waals surface area (Å²) in [5.41, 5.74) is 0. The van der Waals surface area contributed by atoms with Gasteiger partial charge in [0.1, 0.15) is 0 Å². The predicted molar refractivity (Wildman–Crippen MR) is 56.4 cm³/mol. The van der Waals surface area contributed by atoms with Crippen molar-refractivity contribution < 1.29 is 8.42 Å². The molecule has 0 aromatic heterocycles. The summed E-state index contributed by atoms with van der Waals surface area (Å²) in [6, 6.07) is 0.216. The molecule has 0 saturated heterocycles. The summed E-state index contributed by atoms with van der Waals surface area (Å²) in [6.45, 7) is 2.19. The zero-order chi connectivity index (χ0) is 10.2. The SMILES string of the molecule is CC1CCC(NS(=O)(=O)CC2CC2)C1. The Morgan fingerprint density at radius 1 is 1.21 bits per heavy atom. The first kappa shape index (κ1) is 10.4. The van der Waals surface area contributed by atoms with E-state index < -0.39 is 10.0 Å². The first-order chi connectivity index (χ1) is 6.55. The van der Waals surface area contributed by atoms with Gasteiger partial charge in [-0.3, -0.25) is 0 Å². The Morgan fingerprint density at radius 2 is 1.93 bits per heavy atom. The molecular weight excluding hydrogens is 198 g/mol. The molecule has 14 heavy (non-hydrogen) atoms. The molecule has 3 nitrogen and oxygen atoms in total. The molecule has 0 aliphatic heterocycles. The Morgan fingerprint density at radius 3 is 2.43 bits per heavy atom. The Kier molecular flexibility index (Phi) is 2.84. The van der Waals surface area contributed by atoms with Crippen LogP contribution in [-0.2, 0) is 10.0 Å². The number of hydrogen-bond donors (Lipinski definition) is 1. The van der Waals surface area contributed by atoms with Gasteiger partial charge in [0.25, 0.3) is 0 Å². The third kappa shape index (κ3) is 2.95. The lowest BCUT2D eigenvalue weighted by Crippen LogP contribution is -2.35. The van der Waals surface area contributed by atoms with Crippen molar-refractivity contribution in [1.29, 1.82) is 0 Å². The maximum atomic E-state index is 11.6. The van der Waals surface area contributed by atoms with Gasteiger partial charge in [0.05, 0.1) is 5.75 Å². The largest absolute Gasteiger partial charge is 0.212 e. The fourth-order valence-corrected chi connectivity index (χ4v) is 3.98. The lowest BCUT2D eigenvalue weighted by molar-refractivity contribution is 0.536. The van der Waals surface area contributed by atoms with Crippen molar-refractivity contribution in [2.24, 2.45) is 11.8 Å². The molecule has 0 spiro atoms. The van der Waals surface area contributed by atoms with Crippen LogP contribution in [0.25, 0.3) is 0 Å². The molecule has 0 bridgehead atoms. The van der Waals surface area contributed by atoms with Crippen molar-refractivity contribution >= 4 is 10.0 Å². The highest BCUT2D eigenvalue weighted by molar-refractivity contribution is 7.89. The van der Waals surface area contributed by atoms with Crippen LogP contribution in [0.5, 0.6) is 0 Å². The van der Waals surface area contributed by atoms with Crippen LogP contribution in [0.4, 0.5) is 0 Å². The molecule has 4 heteroatoms. The zero-order valence-electron chi connectivity index (χ0n) is 8.70. The maximum Gasteiger partial charge on any atom is 0.212 e. The fourth-order valence-electron chi connectivity index (χ4n) is 2.21. The van der Waals surface area contributed by atoms with E-state index in [9.17, 15) is 8.42 Å². The molecule has 0 aromatic rings. The van der Waals surface area contributed by atoms with Crippen molar-refractivity contribution in [2.45, 2.75) is 45.1 Å². The Labute approximate surface area is 86.3 Å². The van der Waals surface area contributed by atoms with Crippen LogP contribution in [0.2, 0.25) is 0 Å². The normalized spacial score (nSPS) is 33.5. The van der Waals surface area contributed by atoms with Gasteiger partial charge in [-0.25, -0.2) is 13.1 Å². The molecule has 1 N–H and O–H groups in total. The molecule has 2 saturated carbocycles. The Balaban J connectivity index is 1.83. The number of rotatable bonds is 4. The summed E-state index contributed by atoms with van der Waals surface area (Å²) in [7, 11) is -2.98. The number of sulfonamides is 1. The van der Waals surface area contributed by atoms with Crippen molar-refractivity contribution in [1.82, 2.24) is 4.72 Å². The minimum Gasteiger partial charge on any atom is -0.212 e. The van der Waals surface area contributed by atoms with Gasteiger partial charge in [-0.2, -0.15) is 0 Å². The predicted octanol–water partition coefficient (Wildman–Crippen LogP) is 1.50. The third-order valence-electron chi connectivity index (χ3n) is 3.19. The zero-order valence-corrected chi connectivity index (χ0v) is 9.52. The Bertz CT molecular complexity index is 295. The van der Waals surface area contributed by atoms with Crippen LogP contribution in [-0.4, -0.2) is 20.2 Å². The van der Waals surface area contributed by atoms with Crippen LogP contribution >= 0.6 is 0 Å². The standard InChI is InChI=1S/C10H19NO2S/c1-8-2-5-10(6-8)11-14(12,13)7-9-3-4-9/h8-11H,2-7H2,1H3. The summed E-state index contributed by atoms with van der Waals surface area (Å²) in [6.07, 6.45) is 5.40. The quantitative estimate of drug-likeness (QED) is 0.775. The molecule has 2 aliphatic carbocycles. The minimum absolute atomic E-state index is 0.216. The van der Waals surface area contributed by atoms with Crippen LogP contribution in [0.15, 0.2) is 0 Å². The topological polar surface area (TPSA) is 46.2 Å². The van der Waals surface area contributed by atoms with Crippen LogP contribution in [0, 0.1) is 11.8 Å². The molecule has 82 valence electrons. The average molecular weight is 217 g/mol. The average Bonchev–Trinajstić information content (AvgIpc) is 2.74. The summed E-state index contributed by atoms with van der Waals surface area (Å²) in [4.78, 5) is 0. The van der Waals surface area contributed by atoms with Crippen LogP contribution in [0.1, 0.15) is 39.0 Å². The molecule has 0 amide bonds. The second-order valence-corrected chi connectivity index (χ2v) is 6.76. The van der Waals surface area contributed by atoms with Gasteiger partial charge in [0.15, 0.2) is 0 Å². The highest BCUT2D eigenvalue weighted by atomic mass is 32.2. The summed E-state index contributed by atoms with van der Waals surface area (Å²) in [5, 5.41) is 0. The molecule has 2 unspecified atom stereocenters. The highest BCUT2D eigenvalue weighted by Crippen LogP contribution is 2.31. The smallest absolute Gasteiger partial charge is 0.212 e.